The summed E-state index contributed by atoms with van der Waals surface area (Å²) in [6, 6.07) is 9.52. The van der Waals surface area contributed by atoms with E-state index in [1.807, 2.05) is 44.2 Å². The fourth-order valence-corrected chi connectivity index (χ4v) is 3.16. The van der Waals surface area contributed by atoms with E-state index in [2.05, 4.69) is 30.8 Å². The van der Waals surface area contributed by atoms with E-state index in [0.29, 0.717) is 19.0 Å². The number of hydrogen-bond acceptors (Lipinski definition) is 5. The van der Waals surface area contributed by atoms with E-state index in [1.165, 1.54) is 19.3 Å². The Morgan fingerprint density at radius 1 is 1.07 bits per heavy atom. The van der Waals surface area contributed by atoms with Crippen molar-refractivity contribution in [2.45, 2.75) is 33.1 Å². The highest BCUT2D eigenvalue weighted by molar-refractivity contribution is 5.89. The Bertz CT molecular complexity index is 773. The van der Waals surface area contributed by atoms with Crippen molar-refractivity contribution in [1.29, 1.82) is 0 Å². The summed E-state index contributed by atoms with van der Waals surface area (Å²) in [7, 11) is 0. The topological polar surface area (TPSA) is 82.2 Å². The lowest BCUT2D eigenvalue weighted by atomic mass is 10.1. The van der Waals surface area contributed by atoms with Crippen LogP contribution in [0.2, 0.25) is 0 Å². The van der Waals surface area contributed by atoms with Gasteiger partial charge < -0.3 is 20.9 Å². The maximum atomic E-state index is 12.0. The number of carbonyl (C=O) groups excluding carboxylic acids is 1. The molecule has 0 atom stereocenters. The number of nitrogens with zero attached hydrogens (tertiary/aromatic N) is 3. The standard InChI is InChI=1S/C20H28N6O/c1-15-7-6-8-17(13-15)24-20(27)22-10-9-21-19-23-16(2)14-18(25-19)26-11-4-3-5-12-26/h6-8,13-14H,3-5,9-12H2,1-2H3,(H,21,23,25)(H2,22,24,27). The molecule has 3 rings (SSSR count). The minimum atomic E-state index is -0.221. The van der Waals surface area contributed by atoms with Gasteiger partial charge in [0.15, 0.2) is 0 Å². The molecule has 27 heavy (non-hydrogen) atoms. The van der Waals surface area contributed by atoms with E-state index >= 15 is 0 Å². The van der Waals surface area contributed by atoms with Crippen molar-refractivity contribution in [2.75, 3.05) is 41.7 Å². The molecule has 0 aliphatic carbocycles. The monoisotopic (exact) mass is 368 g/mol. The van der Waals surface area contributed by atoms with Gasteiger partial charge in [-0.2, -0.15) is 4.98 Å². The molecule has 7 nitrogen and oxygen atoms in total. The van der Waals surface area contributed by atoms with E-state index < -0.39 is 0 Å². The zero-order valence-electron chi connectivity index (χ0n) is 16.1. The molecule has 2 aromatic rings. The summed E-state index contributed by atoms with van der Waals surface area (Å²) in [5.74, 6) is 1.59. The number of aromatic nitrogens is 2. The van der Waals surface area contributed by atoms with Gasteiger partial charge in [-0.3, -0.25) is 0 Å². The molecule has 2 heterocycles. The Labute approximate surface area is 160 Å². The Morgan fingerprint density at radius 2 is 1.89 bits per heavy atom. The summed E-state index contributed by atoms with van der Waals surface area (Å²) < 4.78 is 0. The van der Waals surface area contributed by atoms with E-state index in [9.17, 15) is 4.79 Å². The van der Waals surface area contributed by atoms with Gasteiger partial charge in [0.1, 0.15) is 5.82 Å². The highest BCUT2D eigenvalue weighted by Gasteiger charge is 2.13. The largest absolute Gasteiger partial charge is 0.356 e. The molecule has 0 saturated carbocycles. The predicted octanol–water partition coefficient (Wildman–Crippen LogP) is 3.32. The summed E-state index contributed by atoms with van der Waals surface area (Å²) in [6.45, 7) is 7.12. The first-order valence-electron chi connectivity index (χ1n) is 9.56. The van der Waals surface area contributed by atoms with Gasteiger partial charge in [0.25, 0.3) is 0 Å². The van der Waals surface area contributed by atoms with Gasteiger partial charge >= 0.3 is 6.03 Å². The number of nitrogens with one attached hydrogen (secondary N) is 3. The van der Waals surface area contributed by atoms with Crippen molar-refractivity contribution in [1.82, 2.24) is 15.3 Å². The van der Waals surface area contributed by atoms with Crippen LogP contribution in [0.15, 0.2) is 30.3 Å². The van der Waals surface area contributed by atoms with Crippen LogP contribution in [0.1, 0.15) is 30.5 Å². The first-order chi connectivity index (χ1) is 13.1. The molecule has 1 aliphatic heterocycles. The summed E-state index contributed by atoms with van der Waals surface area (Å²) in [6.07, 6.45) is 3.72. The van der Waals surface area contributed by atoms with Crippen LogP contribution in [-0.4, -0.2) is 42.2 Å². The lowest BCUT2D eigenvalue weighted by Gasteiger charge is -2.28. The van der Waals surface area contributed by atoms with Gasteiger partial charge in [0.05, 0.1) is 0 Å². The molecular formula is C20H28N6O. The Kier molecular flexibility index (Phi) is 6.46. The average Bonchev–Trinajstić information content (AvgIpc) is 2.65. The zero-order chi connectivity index (χ0) is 19.1. The Morgan fingerprint density at radius 3 is 2.67 bits per heavy atom. The molecule has 0 unspecified atom stereocenters. The van der Waals surface area contributed by atoms with Gasteiger partial charge in [-0.1, -0.05) is 12.1 Å². The molecule has 1 aromatic heterocycles. The second kappa shape index (κ2) is 9.21. The second-order valence-corrected chi connectivity index (χ2v) is 6.92. The Hall–Kier alpha value is -2.83. The molecule has 0 spiro atoms. The van der Waals surface area contributed by atoms with E-state index in [1.54, 1.807) is 0 Å². The molecule has 144 valence electrons. The molecule has 0 bridgehead atoms. The summed E-state index contributed by atoms with van der Waals surface area (Å²) >= 11 is 0. The van der Waals surface area contributed by atoms with Crippen LogP contribution in [-0.2, 0) is 0 Å². The second-order valence-electron chi connectivity index (χ2n) is 6.92. The smallest absolute Gasteiger partial charge is 0.319 e. The average molecular weight is 368 g/mol. The first kappa shape index (κ1) is 18.9. The molecule has 2 amide bonds. The third kappa shape index (κ3) is 5.84. The van der Waals surface area contributed by atoms with E-state index in [-0.39, 0.29) is 6.03 Å². The molecule has 0 radical (unpaired) electrons. The van der Waals surface area contributed by atoms with Crippen LogP contribution >= 0.6 is 0 Å². The van der Waals surface area contributed by atoms with Gasteiger partial charge in [-0.15, -0.1) is 0 Å². The molecule has 7 heteroatoms. The summed E-state index contributed by atoms with van der Waals surface area (Å²) in [5, 5.41) is 8.86. The van der Waals surface area contributed by atoms with Gasteiger partial charge in [-0.05, 0) is 50.8 Å². The van der Waals surface area contributed by atoms with Gasteiger partial charge in [-0.25, -0.2) is 9.78 Å². The molecule has 1 saturated heterocycles. The number of benzene rings is 1. The number of aryl methyl sites for hydroxylation is 2. The number of carbonyl (C=O) groups is 1. The van der Waals surface area contributed by atoms with Crippen molar-refractivity contribution in [2.24, 2.45) is 0 Å². The maximum absolute atomic E-state index is 12.0. The number of amides is 2. The SMILES string of the molecule is Cc1cccc(NC(=O)NCCNc2nc(C)cc(N3CCCCC3)n2)c1. The first-order valence-corrected chi connectivity index (χ1v) is 9.56. The summed E-state index contributed by atoms with van der Waals surface area (Å²) in [5.41, 5.74) is 2.84. The quantitative estimate of drug-likeness (QED) is 0.682. The normalized spacial score (nSPS) is 13.9. The van der Waals surface area contributed by atoms with Crippen LogP contribution in [0, 0.1) is 13.8 Å². The van der Waals surface area contributed by atoms with Crippen molar-refractivity contribution in [3.8, 4) is 0 Å². The van der Waals surface area contributed by atoms with Crippen LogP contribution < -0.4 is 20.9 Å². The lowest BCUT2D eigenvalue weighted by molar-refractivity contribution is 0.252. The van der Waals surface area contributed by atoms with Gasteiger partial charge in [0.2, 0.25) is 5.95 Å². The molecular weight excluding hydrogens is 340 g/mol. The van der Waals surface area contributed by atoms with E-state index in [4.69, 9.17) is 0 Å². The van der Waals surface area contributed by atoms with E-state index in [0.717, 1.165) is 35.9 Å². The number of hydrogen-bond donors (Lipinski definition) is 3. The third-order valence-corrected chi connectivity index (χ3v) is 4.49. The molecule has 1 aromatic carbocycles. The summed E-state index contributed by atoms with van der Waals surface area (Å²) in [4.78, 5) is 23.4. The van der Waals surface area contributed by atoms with Crippen LogP contribution in [0.4, 0.5) is 22.2 Å². The minimum Gasteiger partial charge on any atom is -0.356 e. The highest BCUT2D eigenvalue weighted by atomic mass is 16.2. The van der Waals surface area contributed by atoms with Gasteiger partial charge in [0, 0.05) is 43.6 Å². The number of anilines is 3. The van der Waals surface area contributed by atoms with Crippen molar-refractivity contribution < 1.29 is 4.79 Å². The molecule has 1 aliphatic rings. The fraction of sp³-hybridized carbons (Fsp3) is 0.450. The molecule has 3 N–H and O–H groups in total. The van der Waals surface area contributed by atoms with Crippen molar-refractivity contribution in [3.05, 3.63) is 41.6 Å². The molecule has 1 fully saturated rings. The number of piperidine rings is 1. The Balaban J connectivity index is 1.46. The zero-order valence-corrected chi connectivity index (χ0v) is 16.1. The lowest BCUT2D eigenvalue weighted by Crippen LogP contribution is -2.33. The highest BCUT2D eigenvalue weighted by Crippen LogP contribution is 2.19. The van der Waals surface area contributed by atoms with Crippen molar-refractivity contribution in [3.63, 3.8) is 0 Å². The van der Waals surface area contributed by atoms with Crippen LogP contribution in [0.5, 0.6) is 0 Å². The van der Waals surface area contributed by atoms with Crippen LogP contribution in [0.25, 0.3) is 0 Å². The predicted molar refractivity (Wildman–Crippen MR) is 110 cm³/mol. The van der Waals surface area contributed by atoms with Crippen molar-refractivity contribution >= 4 is 23.5 Å². The fourth-order valence-electron chi connectivity index (χ4n) is 3.16. The van der Waals surface area contributed by atoms with Crippen LogP contribution in [0.3, 0.4) is 0 Å². The number of rotatable bonds is 6. The number of urea groups is 1. The maximum Gasteiger partial charge on any atom is 0.319 e. The minimum absolute atomic E-state index is 0.221. The third-order valence-electron chi connectivity index (χ3n) is 4.49.